The number of rotatable bonds is 5. The van der Waals surface area contributed by atoms with E-state index in [1.165, 1.54) is 11.1 Å². The van der Waals surface area contributed by atoms with Gasteiger partial charge in [-0.05, 0) is 31.8 Å². The highest BCUT2D eigenvalue weighted by Crippen LogP contribution is 2.17. The average Bonchev–Trinajstić information content (AvgIpc) is 2.17. The van der Waals surface area contributed by atoms with Crippen LogP contribution in [0, 0.1) is 18.3 Å². The van der Waals surface area contributed by atoms with Crippen LogP contribution in [0.4, 0.5) is 0 Å². The van der Waals surface area contributed by atoms with Gasteiger partial charge in [-0.2, -0.15) is 0 Å². The summed E-state index contributed by atoms with van der Waals surface area (Å²) in [4.78, 5) is 0. The van der Waals surface area contributed by atoms with E-state index in [9.17, 15) is 0 Å². The monoisotopic (exact) mass is 188 g/mol. The van der Waals surface area contributed by atoms with Crippen molar-refractivity contribution < 1.29 is 0 Å². The highest BCUT2D eigenvalue weighted by molar-refractivity contribution is 5.25. The van der Waals surface area contributed by atoms with Crippen LogP contribution >= 0.6 is 0 Å². The minimum atomic E-state index is 0.574. The van der Waals surface area contributed by atoms with E-state index in [2.05, 4.69) is 32.4 Å². The van der Waals surface area contributed by atoms with Gasteiger partial charge in [0.05, 0.1) is 0 Å². The minimum Gasteiger partial charge on any atom is -0.115 e. The van der Waals surface area contributed by atoms with Gasteiger partial charge in [0.2, 0.25) is 0 Å². The zero-order valence-corrected chi connectivity index (χ0v) is 9.51. The van der Waals surface area contributed by atoms with Gasteiger partial charge in [-0.3, -0.25) is 0 Å². The minimum absolute atomic E-state index is 0.574. The van der Waals surface area contributed by atoms with Crippen molar-refractivity contribution in [1.82, 2.24) is 0 Å². The predicted molar refractivity (Wildman–Crippen MR) is 64.9 cm³/mol. The standard InChI is InChI=1S/C14H20/c1-6-8-9-14(7-2)11-10-13(5)12(3)4/h1,7-9,12H,5,10-11H2,2-4H3/b9-8-,14-7+. The fourth-order valence-corrected chi connectivity index (χ4v) is 1.07. The molecule has 0 bridgehead atoms. The molecule has 0 aliphatic rings. The third-order valence-corrected chi connectivity index (χ3v) is 2.32. The molecule has 76 valence electrons. The van der Waals surface area contributed by atoms with Crippen molar-refractivity contribution in [2.24, 2.45) is 5.92 Å². The molecule has 0 saturated heterocycles. The van der Waals surface area contributed by atoms with E-state index >= 15 is 0 Å². The molecule has 0 aromatic heterocycles. The molecule has 14 heavy (non-hydrogen) atoms. The number of terminal acetylenes is 1. The number of hydrogen-bond acceptors (Lipinski definition) is 0. The zero-order chi connectivity index (χ0) is 11.0. The van der Waals surface area contributed by atoms with Crippen LogP contribution in [-0.4, -0.2) is 0 Å². The topological polar surface area (TPSA) is 0 Å². The SMILES string of the molecule is C#C/C=C\C(=C/C)CCC(=C)C(C)C. The van der Waals surface area contributed by atoms with E-state index in [0.717, 1.165) is 12.8 Å². The quantitative estimate of drug-likeness (QED) is 0.346. The summed E-state index contributed by atoms with van der Waals surface area (Å²) in [6, 6.07) is 0. The van der Waals surface area contributed by atoms with Crippen molar-refractivity contribution in [2.75, 3.05) is 0 Å². The Bertz CT molecular complexity index is 269. The van der Waals surface area contributed by atoms with Crippen LogP contribution < -0.4 is 0 Å². The molecule has 0 heteroatoms. The van der Waals surface area contributed by atoms with Gasteiger partial charge in [-0.15, -0.1) is 6.42 Å². The smallest absolute Gasteiger partial charge is 0.0119 e. The van der Waals surface area contributed by atoms with Crippen LogP contribution in [0.5, 0.6) is 0 Å². The molecule has 0 fully saturated rings. The van der Waals surface area contributed by atoms with Crippen LogP contribution in [0.1, 0.15) is 33.6 Å². The van der Waals surface area contributed by atoms with Crippen LogP contribution in [0.2, 0.25) is 0 Å². The molecule has 0 rings (SSSR count). The lowest BCUT2D eigenvalue weighted by molar-refractivity contribution is 0.714. The van der Waals surface area contributed by atoms with E-state index < -0.39 is 0 Å². The van der Waals surface area contributed by atoms with Crippen LogP contribution in [0.25, 0.3) is 0 Å². The molecule has 0 saturated carbocycles. The third kappa shape index (κ3) is 5.43. The molecular formula is C14H20. The maximum atomic E-state index is 5.15. The Morgan fingerprint density at radius 2 is 2.07 bits per heavy atom. The molecule has 0 atom stereocenters. The summed E-state index contributed by atoms with van der Waals surface area (Å²) >= 11 is 0. The normalized spacial score (nSPS) is 12.1. The molecular weight excluding hydrogens is 168 g/mol. The lowest BCUT2D eigenvalue weighted by atomic mass is 9.97. The summed E-state index contributed by atoms with van der Waals surface area (Å²) in [5.41, 5.74) is 2.59. The van der Waals surface area contributed by atoms with Crippen molar-refractivity contribution in [2.45, 2.75) is 33.6 Å². The molecule has 0 unspecified atom stereocenters. The van der Waals surface area contributed by atoms with Crippen molar-refractivity contribution in [3.63, 3.8) is 0 Å². The van der Waals surface area contributed by atoms with Gasteiger partial charge >= 0.3 is 0 Å². The van der Waals surface area contributed by atoms with Gasteiger partial charge in [-0.1, -0.05) is 49.6 Å². The molecule has 0 aliphatic heterocycles. The summed E-state index contributed by atoms with van der Waals surface area (Å²) in [6.45, 7) is 10.4. The predicted octanol–water partition coefficient (Wildman–Crippen LogP) is 4.11. The highest BCUT2D eigenvalue weighted by atomic mass is 14.1. The summed E-state index contributed by atoms with van der Waals surface area (Å²) in [5, 5.41) is 0. The summed E-state index contributed by atoms with van der Waals surface area (Å²) < 4.78 is 0. The molecule has 0 nitrogen and oxygen atoms in total. The lowest BCUT2D eigenvalue weighted by Crippen LogP contribution is -1.92. The van der Waals surface area contributed by atoms with E-state index in [4.69, 9.17) is 6.42 Å². The first kappa shape index (κ1) is 12.8. The maximum absolute atomic E-state index is 5.15. The first-order valence-corrected chi connectivity index (χ1v) is 5.07. The van der Waals surface area contributed by atoms with Gasteiger partial charge in [-0.25, -0.2) is 0 Å². The van der Waals surface area contributed by atoms with Gasteiger partial charge in [0.25, 0.3) is 0 Å². The average molecular weight is 188 g/mol. The van der Waals surface area contributed by atoms with Crippen molar-refractivity contribution in [3.05, 3.63) is 36.0 Å². The van der Waals surface area contributed by atoms with E-state index in [-0.39, 0.29) is 0 Å². The summed E-state index contributed by atoms with van der Waals surface area (Å²) in [5.74, 6) is 3.07. The van der Waals surface area contributed by atoms with Crippen LogP contribution in [0.3, 0.4) is 0 Å². The van der Waals surface area contributed by atoms with E-state index in [1.54, 1.807) is 6.08 Å². The first-order chi connectivity index (χ1) is 6.61. The Kier molecular flexibility index (Phi) is 6.58. The molecule has 0 amide bonds. The van der Waals surface area contributed by atoms with E-state index in [1.807, 2.05) is 13.0 Å². The second-order valence-electron chi connectivity index (χ2n) is 3.68. The molecule has 0 aromatic carbocycles. The van der Waals surface area contributed by atoms with Crippen LogP contribution in [-0.2, 0) is 0 Å². The van der Waals surface area contributed by atoms with Crippen molar-refractivity contribution in [1.29, 1.82) is 0 Å². The lowest BCUT2D eigenvalue weighted by Gasteiger charge is -2.09. The molecule has 0 spiro atoms. The molecule has 0 radical (unpaired) electrons. The van der Waals surface area contributed by atoms with Crippen molar-refractivity contribution >= 4 is 0 Å². The Morgan fingerprint density at radius 1 is 1.43 bits per heavy atom. The third-order valence-electron chi connectivity index (χ3n) is 2.32. The zero-order valence-electron chi connectivity index (χ0n) is 9.51. The van der Waals surface area contributed by atoms with Gasteiger partial charge in [0.1, 0.15) is 0 Å². The Labute approximate surface area is 88.4 Å². The second-order valence-corrected chi connectivity index (χ2v) is 3.68. The number of allylic oxidation sites excluding steroid dienone is 5. The Hall–Kier alpha value is -1.22. The van der Waals surface area contributed by atoms with Gasteiger partial charge in [0, 0.05) is 0 Å². The number of hydrogen-bond donors (Lipinski definition) is 0. The fourth-order valence-electron chi connectivity index (χ4n) is 1.07. The van der Waals surface area contributed by atoms with Crippen molar-refractivity contribution in [3.8, 4) is 12.3 Å². The van der Waals surface area contributed by atoms with E-state index in [0.29, 0.717) is 5.92 Å². The summed E-state index contributed by atoms with van der Waals surface area (Å²) in [7, 11) is 0. The maximum Gasteiger partial charge on any atom is -0.0119 e. The van der Waals surface area contributed by atoms with Crippen LogP contribution in [0.15, 0.2) is 36.0 Å². The Morgan fingerprint density at radius 3 is 2.50 bits per heavy atom. The molecule has 0 aliphatic carbocycles. The Balaban J connectivity index is 4.06. The highest BCUT2D eigenvalue weighted by Gasteiger charge is 2.00. The molecule has 0 aromatic rings. The van der Waals surface area contributed by atoms with Gasteiger partial charge < -0.3 is 0 Å². The molecule has 0 heterocycles. The second kappa shape index (κ2) is 7.21. The first-order valence-electron chi connectivity index (χ1n) is 5.07. The fraction of sp³-hybridized carbons (Fsp3) is 0.429. The van der Waals surface area contributed by atoms with Gasteiger partial charge in [0.15, 0.2) is 0 Å². The largest absolute Gasteiger partial charge is 0.115 e. The molecule has 0 N–H and O–H groups in total. The summed E-state index contributed by atoms with van der Waals surface area (Å²) in [6.07, 6.45) is 13.1.